The van der Waals surface area contributed by atoms with Gasteiger partial charge in [-0.25, -0.2) is 4.98 Å². The van der Waals surface area contributed by atoms with Crippen LogP contribution in [0.2, 0.25) is 0 Å². The van der Waals surface area contributed by atoms with Crippen LogP contribution in [-0.2, 0) is 4.79 Å². The van der Waals surface area contributed by atoms with Crippen LogP contribution in [0, 0.1) is 6.92 Å². The molecule has 0 fully saturated rings. The molecule has 1 amide bonds. The number of carbonyl (C=O) groups excluding carboxylic acids is 1. The normalized spacial score (nSPS) is 11.0. The van der Waals surface area contributed by atoms with Crippen molar-refractivity contribution < 1.29 is 4.79 Å². The lowest BCUT2D eigenvalue weighted by Crippen LogP contribution is -2.12. The van der Waals surface area contributed by atoms with Crippen molar-refractivity contribution in [3.8, 4) is 16.4 Å². The lowest BCUT2D eigenvalue weighted by molar-refractivity contribution is -0.111. The molecule has 0 spiro atoms. The Morgan fingerprint density at radius 1 is 1.30 bits per heavy atom. The molecule has 0 unspecified atom stereocenters. The number of nitrogens with one attached hydrogen (secondary N) is 1. The second-order valence-corrected chi connectivity index (χ2v) is 5.79. The van der Waals surface area contributed by atoms with Gasteiger partial charge in [0.1, 0.15) is 5.82 Å². The molecule has 2 heterocycles. The lowest BCUT2D eigenvalue weighted by atomic mass is 10.2. The van der Waals surface area contributed by atoms with Gasteiger partial charge >= 0.3 is 0 Å². The van der Waals surface area contributed by atoms with Crippen LogP contribution >= 0.6 is 11.3 Å². The van der Waals surface area contributed by atoms with Crippen molar-refractivity contribution in [3.63, 3.8) is 0 Å². The number of nitrogens with zero attached hydrogens (tertiary/aromatic N) is 3. The minimum atomic E-state index is -0.187. The molecule has 0 bridgehead atoms. The summed E-state index contributed by atoms with van der Waals surface area (Å²) in [7, 11) is 0. The highest BCUT2D eigenvalue weighted by atomic mass is 32.1. The van der Waals surface area contributed by atoms with Crippen LogP contribution in [0.4, 0.5) is 5.82 Å². The summed E-state index contributed by atoms with van der Waals surface area (Å²) in [5.74, 6) is 0.424. The molecule has 116 valence electrons. The van der Waals surface area contributed by atoms with Gasteiger partial charge in [0.2, 0.25) is 11.0 Å². The number of aryl methyl sites for hydroxylation is 1. The van der Waals surface area contributed by atoms with Crippen LogP contribution in [0.1, 0.15) is 12.6 Å². The van der Waals surface area contributed by atoms with E-state index >= 15 is 0 Å². The fourth-order valence-corrected chi connectivity index (χ4v) is 2.95. The molecule has 0 atom stereocenters. The second kappa shape index (κ2) is 6.58. The van der Waals surface area contributed by atoms with Gasteiger partial charge < -0.3 is 5.32 Å². The molecule has 0 radical (unpaired) electrons. The number of anilines is 1. The Bertz CT molecular complexity index is 849. The molecule has 0 aliphatic carbocycles. The third-order valence-electron chi connectivity index (χ3n) is 3.14. The van der Waals surface area contributed by atoms with Crippen LogP contribution in [0.25, 0.3) is 16.4 Å². The summed E-state index contributed by atoms with van der Waals surface area (Å²) in [6, 6.07) is 11.8. The van der Waals surface area contributed by atoms with Crippen LogP contribution in [0.3, 0.4) is 0 Å². The second-order valence-electron chi connectivity index (χ2n) is 4.95. The van der Waals surface area contributed by atoms with Gasteiger partial charge in [-0.1, -0.05) is 36.4 Å². The molecular weight excluding hydrogens is 308 g/mol. The highest BCUT2D eigenvalue weighted by Gasteiger charge is 2.13. The molecule has 1 aromatic carbocycles. The number of rotatable bonds is 4. The largest absolute Gasteiger partial charge is 0.307 e. The maximum Gasteiger partial charge on any atom is 0.249 e. The van der Waals surface area contributed by atoms with Gasteiger partial charge in [0, 0.05) is 17.0 Å². The van der Waals surface area contributed by atoms with Gasteiger partial charge in [-0.15, -0.1) is 11.3 Å². The fourth-order valence-electron chi connectivity index (χ4n) is 2.16. The molecule has 0 aliphatic rings. The smallest absolute Gasteiger partial charge is 0.249 e. The Morgan fingerprint density at radius 2 is 2.09 bits per heavy atom. The van der Waals surface area contributed by atoms with Crippen molar-refractivity contribution in [1.29, 1.82) is 0 Å². The van der Waals surface area contributed by atoms with Crippen LogP contribution in [-0.4, -0.2) is 20.7 Å². The zero-order valence-electron chi connectivity index (χ0n) is 12.9. The van der Waals surface area contributed by atoms with E-state index in [4.69, 9.17) is 0 Å². The monoisotopic (exact) mass is 324 g/mol. The van der Waals surface area contributed by atoms with Gasteiger partial charge in [0.25, 0.3) is 0 Å². The van der Waals surface area contributed by atoms with Gasteiger partial charge in [-0.2, -0.15) is 9.78 Å². The summed E-state index contributed by atoms with van der Waals surface area (Å²) in [6.45, 7) is 3.68. The Labute approximate surface area is 138 Å². The highest BCUT2D eigenvalue weighted by Crippen LogP contribution is 2.26. The SMILES string of the molecule is C/C=C\C(=O)Nc1cc(C)nn1-c1nc(-c2ccccc2)cs1. The maximum absolute atomic E-state index is 11.8. The molecule has 1 N–H and O–H groups in total. The first-order chi connectivity index (χ1) is 11.2. The van der Waals surface area contributed by atoms with Gasteiger partial charge in [0.05, 0.1) is 11.4 Å². The van der Waals surface area contributed by atoms with E-state index < -0.39 is 0 Å². The standard InChI is InChI=1S/C17H16N4OS/c1-3-7-16(22)19-15-10-12(2)20-21(15)17-18-14(11-23-17)13-8-5-4-6-9-13/h3-11H,1-2H3,(H,19,22)/b7-3-. The summed E-state index contributed by atoms with van der Waals surface area (Å²) in [5, 5.41) is 9.95. The topological polar surface area (TPSA) is 59.8 Å². The van der Waals surface area contributed by atoms with Gasteiger partial charge in [-0.3, -0.25) is 4.79 Å². The average molecular weight is 324 g/mol. The lowest BCUT2D eigenvalue weighted by Gasteiger charge is -2.04. The predicted molar refractivity (Wildman–Crippen MR) is 92.9 cm³/mol. The number of aromatic nitrogens is 3. The van der Waals surface area contributed by atoms with Crippen molar-refractivity contribution in [2.24, 2.45) is 0 Å². The van der Waals surface area contributed by atoms with E-state index in [2.05, 4.69) is 15.4 Å². The molecular formula is C17H16N4OS. The zero-order chi connectivity index (χ0) is 16.2. The summed E-state index contributed by atoms with van der Waals surface area (Å²) < 4.78 is 1.66. The number of thiazole rings is 1. The number of allylic oxidation sites excluding steroid dienone is 1. The van der Waals surface area contributed by atoms with E-state index in [1.165, 1.54) is 17.4 Å². The maximum atomic E-state index is 11.8. The van der Waals surface area contributed by atoms with E-state index in [9.17, 15) is 4.79 Å². The predicted octanol–water partition coefficient (Wildman–Crippen LogP) is 3.82. The first-order valence-corrected chi connectivity index (χ1v) is 8.07. The Balaban J connectivity index is 1.93. The van der Waals surface area contributed by atoms with Crippen LogP contribution < -0.4 is 5.32 Å². The molecule has 0 saturated carbocycles. The minimum Gasteiger partial charge on any atom is -0.307 e. The first kappa shape index (κ1) is 15.2. The third kappa shape index (κ3) is 3.37. The van der Waals surface area contributed by atoms with Crippen molar-refractivity contribution >= 4 is 23.1 Å². The molecule has 2 aromatic heterocycles. The summed E-state index contributed by atoms with van der Waals surface area (Å²) in [6.07, 6.45) is 3.17. The van der Waals surface area contributed by atoms with E-state index in [0.717, 1.165) is 17.0 Å². The van der Waals surface area contributed by atoms with Gasteiger partial charge in [0.15, 0.2) is 0 Å². The fraction of sp³-hybridized carbons (Fsp3) is 0.118. The van der Waals surface area contributed by atoms with Crippen molar-refractivity contribution in [2.45, 2.75) is 13.8 Å². The van der Waals surface area contributed by atoms with E-state index in [-0.39, 0.29) is 5.91 Å². The van der Waals surface area contributed by atoms with E-state index in [1.54, 1.807) is 17.7 Å². The zero-order valence-corrected chi connectivity index (χ0v) is 13.7. The minimum absolute atomic E-state index is 0.187. The summed E-state index contributed by atoms with van der Waals surface area (Å²) in [4.78, 5) is 16.4. The summed E-state index contributed by atoms with van der Waals surface area (Å²) in [5.41, 5.74) is 2.76. The van der Waals surface area contributed by atoms with Crippen molar-refractivity contribution in [3.05, 3.63) is 59.6 Å². The first-order valence-electron chi connectivity index (χ1n) is 7.19. The third-order valence-corrected chi connectivity index (χ3v) is 3.96. The van der Waals surface area contributed by atoms with E-state index in [1.807, 2.05) is 48.7 Å². The van der Waals surface area contributed by atoms with E-state index in [0.29, 0.717) is 10.9 Å². The number of amides is 1. The number of hydrogen-bond donors (Lipinski definition) is 1. The molecule has 3 rings (SSSR count). The van der Waals surface area contributed by atoms with Crippen molar-refractivity contribution in [2.75, 3.05) is 5.32 Å². The number of hydrogen-bond acceptors (Lipinski definition) is 4. The molecule has 0 aliphatic heterocycles. The van der Waals surface area contributed by atoms with Gasteiger partial charge in [-0.05, 0) is 19.9 Å². The van der Waals surface area contributed by atoms with Crippen LogP contribution in [0.15, 0.2) is 53.9 Å². The summed E-state index contributed by atoms with van der Waals surface area (Å²) >= 11 is 1.49. The average Bonchev–Trinajstić information content (AvgIpc) is 3.15. The molecule has 6 heteroatoms. The highest BCUT2D eigenvalue weighted by molar-refractivity contribution is 7.12. The Morgan fingerprint density at radius 3 is 2.83 bits per heavy atom. The quantitative estimate of drug-likeness (QED) is 0.742. The Kier molecular flexibility index (Phi) is 4.34. The number of benzene rings is 1. The van der Waals surface area contributed by atoms with Crippen molar-refractivity contribution in [1.82, 2.24) is 14.8 Å². The van der Waals surface area contributed by atoms with Crippen LogP contribution in [0.5, 0.6) is 0 Å². The molecule has 3 aromatic rings. The molecule has 23 heavy (non-hydrogen) atoms. The molecule has 0 saturated heterocycles. The number of carbonyl (C=O) groups is 1. The molecule has 5 nitrogen and oxygen atoms in total. The Hall–Kier alpha value is -2.73.